The van der Waals surface area contributed by atoms with Gasteiger partial charge in [0, 0.05) is 18.8 Å². The average Bonchev–Trinajstić information content (AvgIpc) is 3.00. The van der Waals surface area contributed by atoms with Crippen LogP contribution in [0, 0.1) is 0 Å². The van der Waals surface area contributed by atoms with E-state index in [2.05, 4.69) is 10.6 Å². The lowest BCUT2D eigenvalue weighted by molar-refractivity contribution is -0.886. The van der Waals surface area contributed by atoms with Gasteiger partial charge < -0.3 is 20.3 Å². The van der Waals surface area contributed by atoms with Gasteiger partial charge in [-0.1, -0.05) is 0 Å². The Balaban J connectivity index is 1.87. The molecule has 2 atom stereocenters. The second kappa shape index (κ2) is 7.78. The molecule has 8 nitrogen and oxygen atoms in total. The monoisotopic (exact) mass is 335 g/mol. The van der Waals surface area contributed by atoms with E-state index in [0.29, 0.717) is 29.4 Å². The van der Waals surface area contributed by atoms with Crippen molar-refractivity contribution >= 4 is 23.5 Å². The molecule has 1 heterocycles. The van der Waals surface area contributed by atoms with E-state index in [9.17, 15) is 14.4 Å². The molecular weight excluding hydrogens is 312 g/mol. The van der Waals surface area contributed by atoms with E-state index < -0.39 is 6.04 Å². The molecule has 4 amide bonds. The Kier molecular flexibility index (Phi) is 5.75. The highest BCUT2D eigenvalue weighted by Gasteiger charge is 2.34. The number of nitrogens with one attached hydrogen (secondary N) is 3. The second-order valence-electron chi connectivity index (χ2n) is 5.74. The van der Waals surface area contributed by atoms with Gasteiger partial charge in [-0.3, -0.25) is 14.5 Å². The Morgan fingerprint density at radius 3 is 2.58 bits per heavy atom. The Morgan fingerprint density at radius 1 is 1.38 bits per heavy atom. The van der Waals surface area contributed by atoms with E-state index in [1.165, 1.54) is 4.90 Å². The number of methoxy groups -OCH3 is 1. The minimum absolute atomic E-state index is 0.119. The molecule has 0 aromatic heterocycles. The highest BCUT2D eigenvalue weighted by molar-refractivity contribution is 5.97. The quantitative estimate of drug-likeness (QED) is 0.627. The molecule has 2 rings (SSSR count). The number of nitrogens with zero attached hydrogens (tertiary/aromatic N) is 1. The summed E-state index contributed by atoms with van der Waals surface area (Å²) in [5.41, 5.74) is 0.659. The lowest BCUT2D eigenvalue weighted by Gasteiger charge is -2.23. The van der Waals surface area contributed by atoms with Crippen LogP contribution in [0.2, 0.25) is 0 Å². The van der Waals surface area contributed by atoms with Gasteiger partial charge in [0.2, 0.25) is 0 Å². The number of carbonyl (C=O) groups excluding carboxylic acids is 3. The van der Waals surface area contributed by atoms with Crippen LogP contribution in [0.1, 0.15) is 6.92 Å². The summed E-state index contributed by atoms with van der Waals surface area (Å²) in [5, 5.41) is 5.37. The van der Waals surface area contributed by atoms with E-state index in [1.807, 2.05) is 0 Å². The van der Waals surface area contributed by atoms with Crippen molar-refractivity contribution in [2.45, 2.75) is 13.0 Å². The van der Waals surface area contributed by atoms with E-state index in [4.69, 9.17) is 4.74 Å². The number of benzene rings is 1. The molecule has 1 unspecified atom stereocenters. The van der Waals surface area contributed by atoms with Gasteiger partial charge in [-0.05, 0) is 31.2 Å². The number of hydrogen-bond acceptors (Lipinski definition) is 4. The van der Waals surface area contributed by atoms with Crippen molar-refractivity contribution in [3.05, 3.63) is 24.3 Å². The fourth-order valence-corrected chi connectivity index (χ4v) is 2.41. The lowest BCUT2D eigenvalue weighted by atomic mass is 10.2. The summed E-state index contributed by atoms with van der Waals surface area (Å²) in [6, 6.07) is 6.14. The maximum Gasteiger partial charge on any atom is 0.324 e. The molecule has 1 fully saturated rings. The zero-order valence-electron chi connectivity index (χ0n) is 14.1. The fourth-order valence-electron chi connectivity index (χ4n) is 2.41. The molecule has 1 aromatic rings. The summed E-state index contributed by atoms with van der Waals surface area (Å²) in [5.74, 6) is 0.224. The number of carbonyl (C=O) groups is 3. The lowest BCUT2D eigenvalue weighted by Crippen LogP contribution is -3.15. The largest absolute Gasteiger partial charge is 0.497 e. The number of hydrogen-bond donors (Lipinski definition) is 3. The highest BCUT2D eigenvalue weighted by atomic mass is 16.5. The molecule has 0 aliphatic carbocycles. The van der Waals surface area contributed by atoms with Crippen LogP contribution in [-0.2, 0) is 9.59 Å². The van der Waals surface area contributed by atoms with Gasteiger partial charge in [-0.2, -0.15) is 0 Å². The fraction of sp³-hybridized carbons (Fsp3) is 0.438. The minimum Gasteiger partial charge on any atom is -0.497 e. The zero-order chi connectivity index (χ0) is 17.7. The first-order valence-electron chi connectivity index (χ1n) is 7.77. The molecule has 24 heavy (non-hydrogen) atoms. The normalized spacial score (nSPS) is 16.3. The van der Waals surface area contributed by atoms with Crippen molar-refractivity contribution in [3.63, 3.8) is 0 Å². The van der Waals surface area contributed by atoms with Crippen LogP contribution in [0.5, 0.6) is 5.75 Å². The minimum atomic E-state index is -0.490. The summed E-state index contributed by atoms with van der Waals surface area (Å²) in [4.78, 5) is 37.9. The van der Waals surface area contributed by atoms with E-state index >= 15 is 0 Å². The van der Waals surface area contributed by atoms with Gasteiger partial charge in [-0.15, -0.1) is 0 Å². The van der Waals surface area contributed by atoms with E-state index in [0.717, 1.165) is 0 Å². The average molecular weight is 335 g/mol. The Hall–Kier alpha value is -2.61. The van der Waals surface area contributed by atoms with E-state index in [1.54, 1.807) is 45.3 Å². The Morgan fingerprint density at radius 2 is 2.04 bits per heavy atom. The predicted octanol–water partition coefficient (Wildman–Crippen LogP) is -0.911. The van der Waals surface area contributed by atoms with Crippen LogP contribution in [0.4, 0.5) is 10.5 Å². The van der Waals surface area contributed by atoms with Crippen LogP contribution in [0.3, 0.4) is 0 Å². The van der Waals surface area contributed by atoms with Gasteiger partial charge in [0.15, 0.2) is 12.6 Å². The van der Waals surface area contributed by atoms with Crippen molar-refractivity contribution < 1.29 is 24.0 Å². The first-order valence-corrected chi connectivity index (χ1v) is 7.77. The number of quaternary nitrogens is 1. The summed E-state index contributed by atoms with van der Waals surface area (Å²) in [6.45, 7) is 2.67. The molecule has 1 saturated heterocycles. The number of likely N-dealkylation sites (N-methyl/N-ethyl adjacent to an activating group) is 1. The molecule has 130 valence electrons. The summed E-state index contributed by atoms with van der Waals surface area (Å²) < 4.78 is 5.06. The van der Waals surface area contributed by atoms with Crippen molar-refractivity contribution in [3.8, 4) is 5.75 Å². The predicted molar refractivity (Wildman–Crippen MR) is 88.0 cm³/mol. The van der Waals surface area contributed by atoms with Gasteiger partial charge in [0.25, 0.3) is 11.8 Å². The molecule has 0 spiro atoms. The molecule has 8 heteroatoms. The van der Waals surface area contributed by atoms with Gasteiger partial charge in [0.05, 0.1) is 14.2 Å². The maximum absolute atomic E-state index is 12.3. The standard InChI is InChI=1S/C16H22N4O4/c1-11(15(22)20-9-8-17-16(20)23)19(2)10-14(21)18-12-4-6-13(24-3)7-5-12/h4-7,11H,8-10H2,1-3H3,(H,17,23)(H,18,21)/p+1/t11-/m1/s1. The smallest absolute Gasteiger partial charge is 0.324 e. The number of rotatable bonds is 6. The second-order valence-corrected chi connectivity index (χ2v) is 5.74. The number of ether oxygens (including phenoxy) is 1. The molecule has 1 aliphatic heterocycles. The summed E-state index contributed by atoms with van der Waals surface area (Å²) in [6.07, 6.45) is 0. The zero-order valence-corrected chi connectivity index (χ0v) is 14.1. The molecular formula is C16H23N4O4+. The van der Waals surface area contributed by atoms with Crippen molar-refractivity contribution in [2.75, 3.05) is 39.1 Å². The van der Waals surface area contributed by atoms with Crippen LogP contribution in [0.15, 0.2) is 24.3 Å². The molecule has 3 N–H and O–H groups in total. The molecule has 1 aromatic carbocycles. The maximum atomic E-state index is 12.3. The SMILES string of the molecule is COc1ccc(NC(=O)C[NH+](C)[C@H](C)C(=O)N2CCNC2=O)cc1. The number of amides is 4. The Labute approximate surface area is 140 Å². The topological polar surface area (TPSA) is 92.2 Å². The number of imide groups is 1. The highest BCUT2D eigenvalue weighted by Crippen LogP contribution is 2.14. The molecule has 0 radical (unpaired) electrons. The van der Waals surface area contributed by atoms with Crippen LogP contribution < -0.4 is 20.3 Å². The van der Waals surface area contributed by atoms with Gasteiger partial charge in [0.1, 0.15) is 5.75 Å². The van der Waals surface area contributed by atoms with Crippen LogP contribution in [-0.4, -0.2) is 62.6 Å². The number of urea groups is 1. The van der Waals surface area contributed by atoms with Crippen molar-refractivity contribution in [1.29, 1.82) is 0 Å². The first kappa shape index (κ1) is 17.7. The Bertz CT molecular complexity index is 617. The third-order valence-electron chi connectivity index (χ3n) is 4.05. The molecule has 0 saturated carbocycles. The molecule has 0 bridgehead atoms. The van der Waals surface area contributed by atoms with Crippen molar-refractivity contribution in [2.24, 2.45) is 0 Å². The summed E-state index contributed by atoms with van der Waals surface area (Å²) in [7, 11) is 3.33. The third-order valence-corrected chi connectivity index (χ3v) is 4.05. The van der Waals surface area contributed by atoms with Crippen LogP contribution in [0.25, 0.3) is 0 Å². The van der Waals surface area contributed by atoms with Crippen LogP contribution >= 0.6 is 0 Å². The molecule has 1 aliphatic rings. The van der Waals surface area contributed by atoms with Gasteiger partial charge >= 0.3 is 6.03 Å². The first-order chi connectivity index (χ1) is 11.4. The van der Waals surface area contributed by atoms with E-state index in [-0.39, 0.29) is 24.4 Å². The number of anilines is 1. The van der Waals surface area contributed by atoms with Gasteiger partial charge in [-0.25, -0.2) is 4.79 Å². The van der Waals surface area contributed by atoms with Crippen molar-refractivity contribution in [1.82, 2.24) is 10.2 Å². The third kappa shape index (κ3) is 4.23. The summed E-state index contributed by atoms with van der Waals surface area (Å²) >= 11 is 0.